The molecule has 0 aliphatic carbocycles. The molecule has 12 nitrogen and oxygen atoms in total. The molecule has 0 spiro atoms. The summed E-state index contributed by atoms with van der Waals surface area (Å²) in [7, 11) is 6.28. The number of nitrogens with one attached hydrogen (secondary N) is 5. The molecule has 4 aromatic rings. The van der Waals surface area contributed by atoms with Gasteiger partial charge in [-0.05, 0) is 24.3 Å². The lowest BCUT2D eigenvalue weighted by Gasteiger charge is -2.16. The van der Waals surface area contributed by atoms with Crippen LogP contribution in [0.15, 0.2) is 67.0 Å². The predicted octanol–water partition coefficient (Wildman–Crippen LogP) is 4.34. The van der Waals surface area contributed by atoms with Gasteiger partial charge in [-0.25, -0.2) is 9.97 Å². The first-order valence-corrected chi connectivity index (χ1v) is 11.2. The zero-order chi connectivity index (χ0) is 26.0. The lowest BCUT2D eigenvalue weighted by molar-refractivity contribution is 0.324. The monoisotopic (exact) mass is 504 g/mol. The van der Waals surface area contributed by atoms with E-state index in [1.165, 1.54) is 6.33 Å². The molecule has 0 saturated heterocycles. The van der Waals surface area contributed by atoms with Crippen LogP contribution >= 0.6 is 0 Å². The van der Waals surface area contributed by atoms with Crippen LogP contribution < -0.4 is 46.0 Å². The molecule has 0 fully saturated rings. The molecule has 3 aromatic carbocycles. The normalized spacial score (nSPS) is 10.3. The van der Waals surface area contributed by atoms with E-state index >= 15 is 0 Å². The highest BCUT2D eigenvalue weighted by Gasteiger charge is 2.14. The molecule has 12 heteroatoms. The number of hydrogen-bond acceptors (Lipinski definition) is 12. The average molecular weight is 505 g/mol. The van der Waals surface area contributed by atoms with Gasteiger partial charge in [0.25, 0.3) is 0 Å². The van der Waals surface area contributed by atoms with Crippen molar-refractivity contribution in [1.82, 2.24) is 20.5 Å². The van der Waals surface area contributed by atoms with Crippen molar-refractivity contribution in [3.8, 4) is 23.0 Å². The summed E-state index contributed by atoms with van der Waals surface area (Å²) in [4.78, 5) is 12.9. The van der Waals surface area contributed by atoms with Gasteiger partial charge >= 0.3 is 0 Å². The molecular formula is C25H28N8O4. The molecule has 1 aromatic heterocycles. The largest absolute Gasteiger partial charge is 0.495 e. The van der Waals surface area contributed by atoms with E-state index in [1.54, 1.807) is 40.6 Å². The van der Waals surface area contributed by atoms with Crippen molar-refractivity contribution in [1.29, 1.82) is 0 Å². The Balaban J connectivity index is 1.46. The Morgan fingerprint density at radius 3 is 1.81 bits per heavy atom. The highest BCUT2D eigenvalue weighted by molar-refractivity contribution is 5.72. The minimum atomic E-state index is 0.327. The first-order valence-electron chi connectivity index (χ1n) is 11.2. The third-order valence-electron chi connectivity index (χ3n) is 5.17. The zero-order valence-electron chi connectivity index (χ0n) is 20.8. The van der Waals surface area contributed by atoms with Crippen LogP contribution in [0.5, 0.6) is 23.0 Å². The second-order valence-corrected chi connectivity index (χ2v) is 7.42. The van der Waals surface area contributed by atoms with Crippen molar-refractivity contribution in [2.75, 3.05) is 49.9 Å². The summed E-state index contributed by atoms with van der Waals surface area (Å²) in [5, 5.41) is 6.35. The quantitative estimate of drug-likeness (QED) is 0.176. The predicted molar refractivity (Wildman–Crippen MR) is 142 cm³/mol. The van der Waals surface area contributed by atoms with Crippen molar-refractivity contribution in [2.24, 2.45) is 0 Å². The summed E-state index contributed by atoms with van der Waals surface area (Å²) < 4.78 is 21.5. The summed E-state index contributed by atoms with van der Waals surface area (Å²) in [6, 6.07) is 18.7. The number of hydrogen-bond donors (Lipinski definition) is 5. The smallest absolute Gasteiger partial charge is 0.232 e. The summed E-state index contributed by atoms with van der Waals surface area (Å²) in [5.74, 6) is 2.88. The average Bonchev–Trinajstić information content (AvgIpc) is 2.93. The van der Waals surface area contributed by atoms with Crippen molar-refractivity contribution in [3.05, 3.63) is 67.0 Å². The molecule has 0 amide bonds. The van der Waals surface area contributed by atoms with Crippen LogP contribution in [0.4, 0.5) is 34.6 Å². The van der Waals surface area contributed by atoms with Crippen LogP contribution in [0.1, 0.15) is 0 Å². The van der Waals surface area contributed by atoms with Crippen LogP contribution in [0.25, 0.3) is 0 Å². The second kappa shape index (κ2) is 12.1. The minimum Gasteiger partial charge on any atom is -0.495 e. The summed E-state index contributed by atoms with van der Waals surface area (Å²) in [5.41, 5.74) is 12.1. The molecule has 0 aliphatic heterocycles. The fraction of sp³-hybridized carbons (Fsp3) is 0.160. The Morgan fingerprint density at radius 1 is 0.595 bits per heavy atom. The third kappa shape index (κ3) is 6.18. The van der Waals surface area contributed by atoms with Gasteiger partial charge in [0, 0.05) is 17.8 Å². The Kier molecular flexibility index (Phi) is 8.24. The molecule has 5 N–H and O–H groups in total. The van der Waals surface area contributed by atoms with Gasteiger partial charge in [0.15, 0.2) is 11.5 Å². The number of methoxy groups -OCH3 is 4. The number of ether oxygens (including phenoxy) is 4. The first-order chi connectivity index (χ1) is 18.1. The molecule has 0 saturated carbocycles. The van der Waals surface area contributed by atoms with E-state index in [1.807, 2.05) is 48.5 Å². The third-order valence-corrected chi connectivity index (χ3v) is 5.17. The van der Waals surface area contributed by atoms with Crippen LogP contribution in [-0.2, 0) is 0 Å². The number of rotatable bonds is 12. The van der Waals surface area contributed by atoms with E-state index in [0.29, 0.717) is 40.6 Å². The number of nitrogens with zero attached hydrogens (tertiary/aromatic N) is 3. The highest BCUT2D eigenvalue weighted by Crippen LogP contribution is 2.40. The van der Waals surface area contributed by atoms with Gasteiger partial charge in [0.2, 0.25) is 17.6 Å². The van der Waals surface area contributed by atoms with Crippen LogP contribution in [0, 0.1) is 0 Å². The SMILES string of the molecule is COc1ccccc1NNNc1ccccc1Nc1ncnc(Nc2cc(OC)c(OC)c(OC)c2)n1. The molecule has 1 heterocycles. The Morgan fingerprint density at radius 2 is 1.16 bits per heavy atom. The number of benzene rings is 3. The maximum absolute atomic E-state index is 5.41. The van der Waals surface area contributed by atoms with Crippen LogP contribution in [0.3, 0.4) is 0 Å². The Hall–Kier alpha value is -4.97. The van der Waals surface area contributed by atoms with Crippen molar-refractivity contribution >= 4 is 34.6 Å². The van der Waals surface area contributed by atoms with Gasteiger partial charge in [-0.2, -0.15) is 4.98 Å². The number of hydrazine groups is 2. The van der Waals surface area contributed by atoms with Gasteiger partial charge in [-0.15, -0.1) is 5.53 Å². The molecule has 0 aliphatic rings. The maximum Gasteiger partial charge on any atom is 0.232 e. The molecule has 0 atom stereocenters. The second-order valence-electron chi connectivity index (χ2n) is 7.42. The fourth-order valence-corrected chi connectivity index (χ4v) is 3.43. The maximum atomic E-state index is 5.41. The van der Waals surface area contributed by atoms with Gasteiger partial charge < -0.3 is 40.4 Å². The van der Waals surface area contributed by atoms with E-state index in [9.17, 15) is 0 Å². The lowest BCUT2D eigenvalue weighted by Crippen LogP contribution is -2.28. The van der Waals surface area contributed by atoms with Crippen molar-refractivity contribution < 1.29 is 18.9 Å². The minimum absolute atomic E-state index is 0.327. The standard InChI is InChI=1S/C25H28N8O4/c1-34-20-12-8-7-11-19(20)32-33-31-18-10-6-5-9-17(18)29-25-27-15-26-24(30-25)28-16-13-21(35-2)23(37-4)22(14-16)36-3/h5-15,31-33H,1-4H3,(H2,26,27,28,29,30). The first kappa shape index (κ1) is 25.1. The van der Waals surface area contributed by atoms with Crippen molar-refractivity contribution in [3.63, 3.8) is 0 Å². The van der Waals surface area contributed by atoms with E-state index in [0.717, 1.165) is 17.1 Å². The van der Waals surface area contributed by atoms with Gasteiger partial charge in [0.1, 0.15) is 12.1 Å². The molecule has 0 radical (unpaired) electrons. The Bertz CT molecular complexity index is 1310. The zero-order valence-corrected chi connectivity index (χ0v) is 20.8. The summed E-state index contributed by atoms with van der Waals surface area (Å²) >= 11 is 0. The molecule has 4 rings (SSSR count). The summed E-state index contributed by atoms with van der Waals surface area (Å²) in [6.45, 7) is 0. The highest BCUT2D eigenvalue weighted by atomic mass is 16.5. The topological polar surface area (TPSA) is 136 Å². The van der Waals surface area contributed by atoms with E-state index < -0.39 is 0 Å². The van der Waals surface area contributed by atoms with E-state index in [-0.39, 0.29) is 0 Å². The van der Waals surface area contributed by atoms with Gasteiger partial charge in [-0.1, -0.05) is 24.3 Å². The Labute approximate surface area is 214 Å². The van der Waals surface area contributed by atoms with E-state index in [2.05, 4.69) is 42.0 Å². The number of aromatic nitrogens is 3. The van der Waals surface area contributed by atoms with Gasteiger partial charge in [-0.3, -0.25) is 0 Å². The van der Waals surface area contributed by atoms with Crippen molar-refractivity contribution in [2.45, 2.75) is 0 Å². The van der Waals surface area contributed by atoms with Gasteiger partial charge in [0.05, 0.1) is 45.5 Å². The van der Waals surface area contributed by atoms with Crippen LogP contribution in [-0.4, -0.2) is 43.4 Å². The number of anilines is 6. The number of para-hydroxylation sites is 4. The van der Waals surface area contributed by atoms with Crippen LogP contribution in [0.2, 0.25) is 0 Å². The lowest BCUT2D eigenvalue weighted by atomic mass is 10.2. The molecule has 0 bridgehead atoms. The molecular weight excluding hydrogens is 476 g/mol. The summed E-state index contributed by atoms with van der Waals surface area (Å²) in [6.07, 6.45) is 1.41. The fourth-order valence-electron chi connectivity index (χ4n) is 3.43. The molecule has 0 unspecified atom stereocenters. The molecule has 192 valence electrons. The molecule has 37 heavy (non-hydrogen) atoms. The van der Waals surface area contributed by atoms with E-state index in [4.69, 9.17) is 18.9 Å².